The molecule has 0 saturated carbocycles. The van der Waals surface area contributed by atoms with E-state index in [1.807, 2.05) is 0 Å². The van der Waals surface area contributed by atoms with Crippen LogP contribution in [0.3, 0.4) is 0 Å². The van der Waals surface area contributed by atoms with Gasteiger partial charge in [-0.2, -0.15) is 0 Å². The van der Waals surface area contributed by atoms with Crippen LogP contribution in [0.1, 0.15) is 23.3 Å². The third kappa shape index (κ3) is 3.63. The molecule has 0 spiro atoms. The molecule has 1 aliphatic heterocycles. The molecule has 1 amide bonds. The van der Waals surface area contributed by atoms with Crippen molar-refractivity contribution in [2.75, 3.05) is 23.3 Å². The number of halogens is 2. The average molecular weight is 463 g/mol. The lowest BCUT2D eigenvalue weighted by atomic mass is 9.95. The first-order valence-corrected chi connectivity index (χ1v) is 10.8. The van der Waals surface area contributed by atoms with Crippen molar-refractivity contribution in [3.05, 3.63) is 45.3 Å². The summed E-state index contributed by atoms with van der Waals surface area (Å²) in [5, 5.41) is 3.84. The molecule has 3 aromatic rings. The van der Waals surface area contributed by atoms with Crippen LogP contribution < -0.4 is 10.2 Å². The van der Waals surface area contributed by atoms with Crippen molar-refractivity contribution in [3.63, 3.8) is 0 Å². The van der Waals surface area contributed by atoms with E-state index >= 15 is 0 Å². The lowest BCUT2D eigenvalue weighted by molar-refractivity contribution is -0.120. The normalized spacial score (nSPS) is 15.2. The quantitative estimate of drug-likeness (QED) is 0.590. The average Bonchev–Trinajstić information content (AvgIpc) is 2.98. The molecular weight excluding hydrogens is 443 g/mol. The van der Waals surface area contributed by atoms with Gasteiger partial charge in [-0.3, -0.25) is 4.79 Å². The Morgan fingerprint density at radius 3 is 2.75 bits per heavy atom. The van der Waals surface area contributed by atoms with E-state index in [0.717, 1.165) is 29.1 Å². The fourth-order valence-corrected chi connectivity index (χ4v) is 4.91. The molecule has 8 heteroatoms. The number of carbonyl (C=O) groups is 1. The van der Waals surface area contributed by atoms with Gasteiger partial charge in [0.15, 0.2) is 0 Å². The van der Waals surface area contributed by atoms with Crippen LogP contribution in [0, 0.1) is 25.6 Å². The number of aromatic nitrogens is 2. The molecule has 0 radical (unpaired) electrons. The van der Waals surface area contributed by atoms with Gasteiger partial charge in [-0.1, -0.05) is 15.9 Å². The number of amides is 1. The van der Waals surface area contributed by atoms with Gasteiger partial charge in [0.05, 0.1) is 11.1 Å². The van der Waals surface area contributed by atoms with E-state index in [4.69, 9.17) is 0 Å². The molecule has 3 heterocycles. The number of hydrogen-bond acceptors (Lipinski definition) is 5. The Bertz CT molecular complexity index is 1050. The number of benzene rings is 1. The molecule has 146 valence electrons. The number of nitrogens with zero attached hydrogens (tertiary/aromatic N) is 3. The standard InChI is InChI=1S/C20H20BrFN4OS/c1-11-12(2)28-20-17(11)18(23-10-24-20)26-7-5-13(6-8-26)19(27)25-16-4-3-14(21)9-15(16)22/h3-4,9-10,13H,5-8H2,1-2H3,(H,25,27). The number of rotatable bonds is 3. The summed E-state index contributed by atoms with van der Waals surface area (Å²) in [7, 11) is 0. The second kappa shape index (κ2) is 7.75. The van der Waals surface area contributed by atoms with Crippen molar-refractivity contribution in [1.29, 1.82) is 0 Å². The maximum absolute atomic E-state index is 14.0. The SMILES string of the molecule is Cc1sc2ncnc(N3CCC(C(=O)Nc4ccc(Br)cc4F)CC3)c2c1C. The fourth-order valence-electron chi connectivity index (χ4n) is 3.58. The Kier molecular flexibility index (Phi) is 5.33. The molecule has 2 aromatic heterocycles. The van der Waals surface area contributed by atoms with Gasteiger partial charge in [-0.05, 0) is 50.5 Å². The molecule has 28 heavy (non-hydrogen) atoms. The summed E-state index contributed by atoms with van der Waals surface area (Å²) in [6.07, 6.45) is 3.03. The largest absolute Gasteiger partial charge is 0.356 e. The lowest BCUT2D eigenvalue weighted by Gasteiger charge is -2.32. The van der Waals surface area contributed by atoms with Gasteiger partial charge in [0.1, 0.15) is 22.8 Å². The zero-order chi connectivity index (χ0) is 19.8. The zero-order valence-electron chi connectivity index (χ0n) is 15.6. The summed E-state index contributed by atoms with van der Waals surface area (Å²) in [6.45, 7) is 5.68. The number of hydrogen-bond donors (Lipinski definition) is 1. The third-order valence-electron chi connectivity index (χ3n) is 5.30. The van der Waals surface area contributed by atoms with Gasteiger partial charge < -0.3 is 10.2 Å². The maximum Gasteiger partial charge on any atom is 0.227 e. The number of thiophene rings is 1. The van der Waals surface area contributed by atoms with Crippen LogP contribution >= 0.6 is 27.3 Å². The smallest absolute Gasteiger partial charge is 0.227 e. The Hall–Kier alpha value is -2.06. The van der Waals surface area contributed by atoms with E-state index in [-0.39, 0.29) is 17.5 Å². The van der Waals surface area contributed by atoms with Crippen LogP contribution in [0.2, 0.25) is 0 Å². The summed E-state index contributed by atoms with van der Waals surface area (Å²) >= 11 is 4.91. The van der Waals surface area contributed by atoms with Crippen molar-refractivity contribution in [2.45, 2.75) is 26.7 Å². The van der Waals surface area contributed by atoms with Crippen LogP contribution in [0.5, 0.6) is 0 Å². The minimum absolute atomic E-state index is 0.128. The summed E-state index contributed by atoms with van der Waals surface area (Å²) in [6, 6.07) is 4.64. The number of anilines is 2. The topological polar surface area (TPSA) is 58.1 Å². The number of aryl methyl sites for hydroxylation is 2. The molecule has 1 N–H and O–H groups in total. The Labute approximate surface area is 175 Å². The monoisotopic (exact) mass is 462 g/mol. The van der Waals surface area contributed by atoms with Crippen LogP contribution in [0.15, 0.2) is 29.0 Å². The zero-order valence-corrected chi connectivity index (χ0v) is 18.0. The first kappa shape index (κ1) is 19.3. The summed E-state index contributed by atoms with van der Waals surface area (Å²) in [5.41, 5.74) is 1.44. The van der Waals surface area contributed by atoms with E-state index in [0.29, 0.717) is 17.3 Å². The second-order valence-corrected chi connectivity index (χ2v) is 9.15. The van der Waals surface area contributed by atoms with Crippen LogP contribution in [0.25, 0.3) is 10.2 Å². The highest BCUT2D eigenvalue weighted by Crippen LogP contribution is 2.35. The minimum atomic E-state index is -0.438. The van der Waals surface area contributed by atoms with Crippen LogP contribution in [-0.4, -0.2) is 29.0 Å². The van der Waals surface area contributed by atoms with Gasteiger partial charge in [0.2, 0.25) is 5.91 Å². The van der Waals surface area contributed by atoms with Crippen molar-refractivity contribution >= 4 is 54.9 Å². The molecule has 0 unspecified atom stereocenters. The molecule has 1 aliphatic rings. The molecule has 1 fully saturated rings. The van der Waals surface area contributed by atoms with E-state index in [9.17, 15) is 9.18 Å². The molecule has 1 saturated heterocycles. The van der Waals surface area contributed by atoms with E-state index < -0.39 is 5.82 Å². The number of fused-ring (bicyclic) bond motifs is 1. The van der Waals surface area contributed by atoms with Gasteiger partial charge >= 0.3 is 0 Å². The maximum atomic E-state index is 14.0. The van der Waals surface area contributed by atoms with E-state index in [2.05, 4.69) is 50.0 Å². The first-order chi connectivity index (χ1) is 13.4. The van der Waals surface area contributed by atoms with Crippen LogP contribution in [-0.2, 0) is 4.79 Å². The van der Waals surface area contributed by atoms with Crippen molar-refractivity contribution in [2.24, 2.45) is 5.92 Å². The molecule has 1 aromatic carbocycles. The predicted octanol–water partition coefficient (Wildman–Crippen LogP) is 5.06. The minimum Gasteiger partial charge on any atom is -0.356 e. The molecule has 0 bridgehead atoms. The van der Waals surface area contributed by atoms with Gasteiger partial charge in [-0.25, -0.2) is 14.4 Å². The first-order valence-electron chi connectivity index (χ1n) is 9.15. The fraction of sp³-hybridized carbons (Fsp3) is 0.350. The van der Waals surface area contributed by atoms with Gasteiger partial charge in [0.25, 0.3) is 0 Å². The molecule has 0 aliphatic carbocycles. The Morgan fingerprint density at radius 1 is 1.29 bits per heavy atom. The van der Waals surface area contributed by atoms with Gasteiger partial charge in [-0.15, -0.1) is 11.3 Å². The Balaban J connectivity index is 1.46. The predicted molar refractivity (Wildman–Crippen MR) is 115 cm³/mol. The number of carbonyl (C=O) groups excluding carboxylic acids is 1. The Morgan fingerprint density at radius 2 is 2.04 bits per heavy atom. The van der Waals surface area contributed by atoms with E-state index in [1.54, 1.807) is 29.8 Å². The molecule has 4 rings (SSSR count). The van der Waals surface area contributed by atoms with Gasteiger partial charge in [0, 0.05) is 28.4 Å². The third-order valence-corrected chi connectivity index (χ3v) is 6.91. The summed E-state index contributed by atoms with van der Waals surface area (Å²) in [4.78, 5) is 26.0. The molecule has 5 nitrogen and oxygen atoms in total. The lowest BCUT2D eigenvalue weighted by Crippen LogP contribution is -2.38. The molecule has 0 atom stereocenters. The van der Waals surface area contributed by atoms with Crippen molar-refractivity contribution < 1.29 is 9.18 Å². The number of nitrogens with one attached hydrogen (secondary N) is 1. The highest BCUT2D eigenvalue weighted by atomic mass is 79.9. The number of piperidine rings is 1. The van der Waals surface area contributed by atoms with Crippen LogP contribution in [0.4, 0.5) is 15.9 Å². The highest BCUT2D eigenvalue weighted by molar-refractivity contribution is 9.10. The second-order valence-electron chi connectivity index (χ2n) is 7.04. The van der Waals surface area contributed by atoms with Crippen molar-refractivity contribution in [1.82, 2.24) is 9.97 Å². The highest BCUT2D eigenvalue weighted by Gasteiger charge is 2.27. The summed E-state index contributed by atoms with van der Waals surface area (Å²) < 4.78 is 14.6. The van der Waals surface area contributed by atoms with E-state index in [1.165, 1.54) is 16.5 Å². The summed E-state index contributed by atoms with van der Waals surface area (Å²) in [5.74, 6) is 0.245. The van der Waals surface area contributed by atoms with Crippen molar-refractivity contribution in [3.8, 4) is 0 Å². The molecular formula is C20H20BrFN4OS.